The van der Waals surface area contributed by atoms with Crippen LogP contribution in [0.1, 0.15) is 5.69 Å². The molecular weight excluding hydrogens is 128 g/mol. The number of nitrogens with zero attached hydrogens (tertiary/aromatic N) is 3. The second kappa shape index (κ2) is 2.69. The number of nitriles is 1. The van der Waals surface area contributed by atoms with E-state index >= 15 is 0 Å². The monoisotopic (exact) mass is 134 g/mol. The smallest absolute Gasteiger partial charge is 0.142 e. The van der Waals surface area contributed by atoms with E-state index < -0.39 is 0 Å². The van der Waals surface area contributed by atoms with Crippen molar-refractivity contribution in [3.63, 3.8) is 0 Å². The van der Waals surface area contributed by atoms with Crippen molar-refractivity contribution in [2.24, 2.45) is 10.8 Å². The molecule has 10 heavy (non-hydrogen) atoms. The Morgan fingerprint density at radius 3 is 3.20 bits per heavy atom. The van der Waals surface area contributed by atoms with Gasteiger partial charge in [0.25, 0.3) is 0 Å². The van der Waals surface area contributed by atoms with Gasteiger partial charge in [0, 0.05) is 6.20 Å². The van der Waals surface area contributed by atoms with E-state index in [2.05, 4.69) is 5.10 Å². The van der Waals surface area contributed by atoms with Crippen LogP contribution in [0, 0.1) is 11.3 Å². The minimum Gasteiger partial charge on any atom is -0.388 e. The average Bonchev–Trinajstić information content (AvgIpc) is 2.36. The minimum atomic E-state index is 0.474. The summed E-state index contributed by atoms with van der Waals surface area (Å²) in [6.45, 7) is 0. The highest BCUT2D eigenvalue weighted by molar-refractivity contribution is 5.51. The first-order valence-corrected chi connectivity index (χ1v) is 2.70. The molecule has 4 heteroatoms. The third-order valence-electron chi connectivity index (χ3n) is 1.03. The highest BCUT2D eigenvalue weighted by Gasteiger charge is 1.93. The van der Waals surface area contributed by atoms with Crippen molar-refractivity contribution < 1.29 is 0 Å². The molecule has 1 aromatic heterocycles. The van der Waals surface area contributed by atoms with Crippen LogP contribution in [0.5, 0.6) is 0 Å². The van der Waals surface area contributed by atoms with Gasteiger partial charge in [-0.3, -0.25) is 0 Å². The number of hydrogen-bond acceptors (Lipinski definition) is 2. The van der Waals surface area contributed by atoms with E-state index in [0.29, 0.717) is 5.69 Å². The van der Waals surface area contributed by atoms with Gasteiger partial charge in [-0.1, -0.05) is 0 Å². The fraction of sp³-hybridized carbons (Fsp3) is 0. The zero-order valence-corrected chi connectivity index (χ0v) is 5.23. The molecule has 1 aromatic rings. The molecule has 2 N–H and O–H groups in total. The lowest BCUT2D eigenvalue weighted by atomic mass is 10.5. The molecule has 0 amide bonds. The van der Waals surface area contributed by atoms with Crippen molar-refractivity contribution in [3.8, 4) is 6.07 Å². The Hall–Kier alpha value is -1.76. The largest absolute Gasteiger partial charge is 0.388 e. The van der Waals surface area contributed by atoms with Crippen LogP contribution >= 0.6 is 0 Å². The number of nitrogens with two attached hydrogens (primary N) is 1. The maximum atomic E-state index is 8.45. The van der Waals surface area contributed by atoms with Gasteiger partial charge in [0.1, 0.15) is 18.1 Å². The molecule has 1 heterocycles. The van der Waals surface area contributed by atoms with E-state index in [4.69, 9.17) is 11.0 Å². The fourth-order valence-electron chi connectivity index (χ4n) is 0.633. The summed E-state index contributed by atoms with van der Waals surface area (Å²) in [7, 11) is 0. The van der Waals surface area contributed by atoms with Crippen LogP contribution < -0.4 is 5.73 Å². The first-order chi connectivity index (χ1) is 4.88. The number of hydrogen-bond donors (Lipinski definition) is 1. The van der Waals surface area contributed by atoms with Gasteiger partial charge in [0.2, 0.25) is 0 Å². The molecule has 0 aliphatic rings. The van der Waals surface area contributed by atoms with Crippen LogP contribution in [0.4, 0.5) is 0 Å². The van der Waals surface area contributed by atoms with Gasteiger partial charge < -0.3 is 5.73 Å². The molecule has 0 saturated heterocycles. The zero-order chi connectivity index (χ0) is 7.40. The molecule has 0 radical (unpaired) electrons. The van der Waals surface area contributed by atoms with Crippen LogP contribution in [-0.2, 0) is 0 Å². The molecule has 0 saturated carbocycles. The molecule has 1 rings (SSSR count). The second-order valence-electron chi connectivity index (χ2n) is 1.61. The summed E-state index contributed by atoms with van der Waals surface area (Å²) in [5.74, 6) is 0. The van der Waals surface area contributed by atoms with Crippen LogP contribution in [-0.4, -0.2) is 11.0 Å². The average molecular weight is 134 g/mol. The molecule has 0 atom stereocenters. The Morgan fingerprint density at radius 1 is 1.80 bits per heavy atom. The van der Waals surface area contributed by atoms with Gasteiger partial charge in [-0.25, -0.2) is 4.68 Å². The maximum Gasteiger partial charge on any atom is 0.142 e. The summed E-state index contributed by atoms with van der Waals surface area (Å²) in [6, 6.07) is 5.34. The zero-order valence-electron chi connectivity index (χ0n) is 5.23. The molecule has 0 aliphatic carbocycles. The van der Waals surface area contributed by atoms with Crippen LogP contribution in [0.25, 0.3) is 0 Å². The number of aromatic nitrogens is 1. The Labute approximate surface area is 58.2 Å². The molecule has 4 nitrogen and oxygen atoms in total. The van der Waals surface area contributed by atoms with E-state index in [1.54, 1.807) is 18.3 Å². The molecule has 0 aliphatic heterocycles. The van der Waals surface area contributed by atoms with Crippen molar-refractivity contribution in [1.29, 1.82) is 5.26 Å². The van der Waals surface area contributed by atoms with Crippen molar-refractivity contribution in [1.82, 2.24) is 4.68 Å². The standard InChI is InChI=1S/C6H6N4/c7-4-6-2-1-3-10(6)9-5-8/h1-3,5H,(H2,8,9). The topological polar surface area (TPSA) is 67.1 Å². The normalized spacial score (nSPS) is 9.90. The SMILES string of the molecule is N#Cc1cccn1/N=C/N. The predicted octanol–water partition coefficient (Wildman–Crippen LogP) is 0.110. The maximum absolute atomic E-state index is 8.45. The molecule has 0 fully saturated rings. The van der Waals surface area contributed by atoms with Crippen LogP contribution in [0.2, 0.25) is 0 Å². The quantitative estimate of drug-likeness (QED) is 0.437. The summed E-state index contributed by atoms with van der Waals surface area (Å²) in [5, 5.41) is 12.1. The molecule has 0 bridgehead atoms. The predicted molar refractivity (Wildman–Crippen MR) is 37.2 cm³/mol. The van der Waals surface area contributed by atoms with Crippen molar-refractivity contribution in [2.75, 3.05) is 0 Å². The van der Waals surface area contributed by atoms with Crippen LogP contribution in [0.3, 0.4) is 0 Å². The molecule has 0 aromatic carbocycles. The Morgan fingerprint density at radius 2 is 2.60 bits per heavy atom. The van der Waals surface area contributed by atoms with Gasteiger partial charge in [0.15, 0.2) is 0 Å². The third kappa shape index (κ3) is 0.977. The summed E-state index contributed by atoms with van der Waals surface area (Å²) in [4.78, 5) is 0. The van der Waals surface area contributed by atoms with Crippen molar-refractivity contribution >= 4 is 6.34 Å². The Bertz CT molecular complexity index is 278. The summed E-state index contributed by atoms with van der Waals surface area (Å²) in [5.41, 5.74) is 5.50. The summed E-state index contributed by atoms with van der Waals surface area (Å²) in [6.07, 6.45) is 2.79. The number of rotatable bonds is 1. The van der Waals surface area contributed by atoms with Crippen molar-refractivity contribution in [3.05, 3.63) is 24.0 Å². The first-order valence-electron chi connectivity index (χ1n) is 2.70. The third-order valence-corrected chi connectivity index (χ3v) is 1.03. The van der Waals surface area contributed by atoms with Gasteiger partial charge in [-0.05, 0) is 12.1 Å². The lowest BCUT2D eigenvalue weighted by molar-refractivity contribution is 0.874. The van der Waals surface area contributed by atoms with Crippen molar-refractivity contribution in [2.45, 2.75) is 0 Å². The molecule has 0 spiro atoms. The lowest BCUT2D eigenvalue weighted by Gasteiger charge is -1.90. The molecule has 0 unspecified atom stereocenters. The van der Waals surface area contributed by atoms with E-state index in [1.807, 2.05) is 6.07 Å². The fourth-order valence-corrected chi connectivity index (χ4v) is 0.633. The van der Waals surface area contributed by atoms with E-state index in [9.17, 15) is 0 Å². The first kappa shape index (κ1) is 6.36. The van der Waals surface area contributed by atoms with E-state index in [1.165, 1.54) is 4.68 Å². The van der Waals surface area contributed by atoms with Gasteiger partial charge in [-0.2, -0.15) is 10.4 Å². The molecule has 50 valence electrons. The van der Waals surface area contributed by atoms with E-state index in [0.717, 1.165) is 6.34 Å². The van der Waals surface area contributed by atoms with Gasteiger partial charge >= 0.3 is 0 Å². The van der Waals surface area contributed by atoms with Crippen LogP contribution in [0.15, 0.2) is 23.4 Å². The molecular formula is C6H6N4. The summed E-state index contributed by atoms with van der Waals surface area (Å²) < 4.78 is 1.40. The highest BCUT2D eigenvalue weighted by Crippen LogP contribution is 1.97. The second-order valence-corrected chi connectivity index (χ2v) is 1.61. The Kier molecular flexibility index (Phi) is 1.71. The minimum absolute atomic E-state index is 0.474. The highest BCUT2D eigenvalue weighted by atomic mass is 15.3. The van der Waals surface area contributed by atoms with E-state index in [-0.39, 0.29) is 0 Å². The Balaban J connectivity index is 3.04. The summed E-state index contributed by atoms with van der Waals surface area (Å²) >= 11 is 0. The lowest BCUT2D eigenvalue weighted by Crippen LogP contribution is -1.95. The van der Waals surface area contributed by atoms with Gasteiger partial charge in [-0.15, -0.1) is 0 Å². The van der Waals surface area contributed by atoms with Gasteiger partial charge in [0.05, 0.1) is 0 Å².